The number of nitrogens with zero attached hydrogens (tertiary/aromatic N) is 3. The van der Waals surface area contributed by atoms with E-state index in [0.717, 1.165) is 36.1 Å². The fraction of sp³-hybridized carbons (Fsp3) is 0.714. The third-order valence-electron chi connectivity index (χ3n) is 3.36. The number of thioether (sulfide) groups is 1. The zero-order valence-corrected chi connectivity index (χ0v) is 13.1. The van der Waals surface area contributed by atoms with Gasteiger partial charge in [0.15, 0.2) is 0 Å². The van der Waals surface area contributed by atoms with Crippen LogP contribution in [0.4, 0.5) is 5.82 Å². The average molecular weight is 280 g/mol. The molecule has 2 rings (SSSR count). The molecule has 1 fully saturated rings. The predicted molar refractivity (Wildman–Crippen MR) is 82.8 cm³/mol. The number of aromatic nitrogens is 2. The first-order chi connectivity index (χ1) is 9.10. The predicted octanol–water partition coefficient (Wildman–Crippen LogP) is 2.44. The molecule has 1 aliphatic heterocycles. The van der Waals surface area contributed by atoms with Crippen LogP contribution in [0.25, 0.3) is 0 Å². The van der Waals surface area contributed by atoms with Crippen LogP contribution in [0.15, 0.2) is 6.07 Å². The Hall–Kier alpha value is -0.810. The van der Waals surface area contributed by atoms with Crippen molar-refractivity contribution in [2.24, 2.45) is 5.92 Å². The van der Waals surface area contributed by atoms with E-state index in [0.29, 0.717) is 12.0 Å². The normalized spacial score (nSPS) is 20.8. The SMILES string of the molecule is CNc1cc(CC(C)C)nc(C2CSCCN2C)n1. The minimum Gasteiger partial charge on any atom is -0.373 e. The van der Waals surface area contributed by atoms with E-state index in [9.17, 15) is 0 Å². The van der Waals surface area contributed by atoms with Gasteiger partial charge in [-0.3, -0.25) is 4.90 Å². The Morgan fingerprint density at radius 3 is 2.89 bits per heavy atom. The number of rotatable bonds is 4. The van der Waals surface area contributed by atoms with E-state index >= 15 is 0 Å². The third-order valence-corrected chi connectivity index (χ3v) is 4.39. The summed E-state index contributed by atoms with van der Waals surface area (Å²) in [7, 11) is 4.09. The summed E-state index contributed by atoms with van der Waals surface area (Å²) < 4.78 is 0. The van der Waals surface area contributed by atoms with Gasteiger partial charge in [-0.15, -0.1) is 0 Å². The lowest BCUT2D eigenvalue weighted by Crippen LogP contribution is -2.34. The van der Waals surface area contributed by atoms with Gasteiger partial charge < -0.3 is 5.32 Å². The second-order valence-electron chi connectivity index (χ2n) is 5.52. The van der Waals surface area contributed by atoms with Crippen molar-refractivity contribution in [3.05, 3.63) is 17.6 Å². The molecule has 1 aromatic rings. The molecule has 1 atom stereocenters. The Labute approximate surface area is 120 Å². The van der Waals surface area contributed by atoms with Gasteiger partial charge in [0.2, 0.25) is 0 Å². The molecule has 1 unspecified atom stereocenters. The molecular weight excluding hydrogens is 256 g/mol. The van der Waals surface area contributed by atoms with Crippen LogP contribution in [0, 0.1) is 5.92 Å². The minimum absolute atomic E-state index is 0.345. The summed E-state index contributed by atoms with van der Waals surface area (Å²) in [6.45, 7) is 5.56. The summed E-state index contributed by atoms with van der Waals surface area (Å²) >= 11 is 1.99. The van der Waals surface area contributed by atoms with E-state index in [4.69, 9.17) is 4.98 Å². The topological polar surface area (TPSA) is 41.1 Å². The molecule has 0 bridgehead atoms. The zero-order valence-electron chi connectivity index (χ0n) is 12.3. The fourth-order valence-corrected chi connectivity index (χ4v) is 3.49. The first kappa shape index (κ1) is 14.6. The molecule has 1 aliphatic rings. The van der Waals surface area contributed by atoms with Crippen molar-refractivity contribution in [2.75, 3.05) is 37.5 Å². The van der Waals surface area contributed by atoms with Gasteiger partial charge in [-0.05, 0) is 19.4 Å². The van der Waals surface area contributed by atoms with E-state index in [-0.39, 0.29) is 0 Å². The van der Waals surface area contributed by atoms with Crippen LogP contribution < -0.4 is 5.32 Å². The minimum atomic E-state index is 0.345. The number of hydrogen-bond donors (Lipinski definition) is 1. The lowest BCUT2D eigenvalue weighted by molar-refractivity contribution is 0.264. The van der Waals surface area contributed by atoms with Crippen molar-refractivity contribution in [3.63, 3.8) is 0 Å². The molecule has 2 heterocycles. The number of nitrogens with one attached hydrogen (secondary N) is 1. The van der Waals surface area contributed by atoms with Crippen molar-refractivity contribution in [3.8, 4) is 0 Å². The van der Waals surface area contributed by atoms with Gasteiger partial charge in [-0.1, -0.05) is 13.8 Å². The highest BCUT2D eigenvalue weighted by Crippen LogP contribution is 2.27. The summed E-state index contributed by atoms with van der Waals surface area (Å²) in [5, 5.41) is 3.16. The maximum absolute atomic E-state index is 4.79. The van der Waals surface area contributed by atoms with Crippen LogP contribution in [-0.4, -0.2) is 47.0 Å². The molecule has 0 aliphatic carbocycles. The third kappa shape index (κ3) is 3.83. The van der Waals surface area contributed by atoms with Crippen molar-refractivity contribution in [2.45, 2.75) is 26.3 Å². The highest BCUT2D eigenvalue weighted by atomic mass is 32.2. The Morgan fingerprint density at radius 2 is 2.26 bits per heavy atom. The highest BCUT2D eigenvalue weighted by Gasteiger charge is 2.24. The Balaban J connectivity index is 2.27. The van der Waals surface area contributed by atoms with Crippen LogP contribution in [0.1, 0.15) is 31.4 Å². The first-order valence-electron chi connectivity index (χ1n) is 6.93. The quantitative estimate of drug-likeness (QED) is 0.917. The Morgan fingerprint density at radius 1 is 1.47 bits per heavy atom. The molecule has 0 radical (unpaired) electrons. The average Bonchev–Trinajstić information content (AvgIpc) is 2.38. The first-order valence-corrected chi connectivity index (χ1v) is 8.09. The van der Waals surface area contributed by atoms with Crippen LogP contribution in [0.3, 0.4) is 0 Å². The van der Waals surface area contributed by atoms with Gasteiger partial charge >= 0.3 is 0 Å². The van der Waals surface area contributed by atoms with Gasteiger partial charge in [-0.25, -0.2) is 9.97 Å². The monoisotopic (exact) mass is 280 g/mol. The number of hydrogen-bond acceptors (Lipinski definition) is 5. The molecule has 1 N–H and O–H groups in total. The van der Waals surface area contributed by atoms with Gasteiger partial charge in [0.05, 0.1) is 6.04 Å². The van der Waals surface area contributed by atoms with Gasteiger partial charge in [0.1, 0.15) is 11.6 Å². The summed E-state index contributed by atoms with van der Waals surface area (Å²) in [4.78, 5) is 11.8. The van der Waals surface area contributed by atoms with Crippen molar-refractivity contribution >= 4 is 17.6 Å². The summed E-state index contributed by atoms with van der Waals surface area (Å²) in [6.07, 6.45) is 1.01. The second-order valence-corrected chi connectivity index (χ2v) is 6.67. The summed E-state index contributed by atoms with van der Waals surface area (Å²) in [5.41, 5.74) is 1.15. The lowest BCUT2D eigenvalue weighted by atomic mass is 10.1. The van der Waals surface area contributed by atoms with E-state index in [2.05, 4.69) is 42.2 Å². The van der Waals surface area contributed by atoms with Crippen LogP contribution in [0.5, 0.6) is 0 Å². The maximum Gasteiger partial charge on any atom is 0.148 e. The summed E-state index contributed by atoms with van der Waals surface area (Å²) in [6, 6.07) is 2.41. The molecule has 106 valence electrons. The van der Waals surface area contributed by atoms with Crippen molar-refractivity contribution in [1.29, 1.82) is 0 Å². The molecule has 4 nitrogen and oxygen atoms in total. The van der Waals surface area contributed by atoms with Crippen molar-refractivity contribution < 1.29 is 0 Å². The fourth-order valence-electron chi connectivity index (χ4n) is 2.28. The maximum atomic E-state index is 4.79. The van der Waals surface area contributed by atoms with Crippen LogP contribution in [0.2, 0.25) is 0 Å². The van der Waals surface area contributed by atoms with E-state index in [1.54, 1.807) is 0 Å². The molecule has 0 spiro atoms. The molecule has 1 aromatic heterocycles. The molecule has 19 heavy (non-hydrogen) atoms. The largest absolute Gasteiger partial charge is 0.373 e. The molecule has 0 saturated carbocycles. The highest BCUT2D eigenvalue weighted by molar-refractivity contribution is 7.99. The van der Waals surface area contributed by atoms with E-state index in [1.807, 2.05) is 18.8 Å². The molecule has 0 aromatic carbocycles. The standard InChI is InChI=1S/C14H24N4S/c1-10(2)7-11-8-13(15-3)17-14(16-11)12-9-19-6-5-18(12)4/h8,10,12H,5-7,9H2,1-4H3,(H,15,16,17). The van der Waals surface area contributed by atoms with Gasteiger partial charge in [0, 0.05) is 36.9 Å². The lowest BCUT2D eigenvalue weighted by Gasteiger charge is -2.31. The molecule has 0 amide bonds. The summed E-state index contributed by atoms with van der Waals surface area (Å²) in [5.74, 6) is 4.82. The van der Waals surface area contributed by atoms with Crippen LogP contribution >= 0.6 is 11.8 Å². The zero-order chi connectivity index (χ0) is 13.8. The van der Waals surface area contributed by atoms with Crippen LogP contribution in [-0.2, 0) is 6.42 Å². The second kappa shape index (κ2) is 6.57. The molecule has 5 heteroatoms. The molecular formula is C14H24N4S. The van der Waals surface area contributed by atoms with Gasteiger partial charge in [0.25, 0.3) is 0 Å². The van der Waals surface area contributed by atoms with E-state index in [1.165, 1.54) is 5.75 Å². The molecule has 1 saturated heterocycles. The van der Waals surface area contributed by atoms with Crippen molar-refractivity contribution in [1.82, 2.24) is 14.9 Å². The van der Waals surface area contributed by atoms with E-state index < -0.39 is 0 Å². The number of anilines is 1. The Bertz CT molecular complexity index is 422. The smallest absolute Gasteiger partial charge is 0.148 e. The Kier molecular flexibility index (Phi) is 5.05. The van der Waals surface area contributed by atoms with Gasteiger partial charge in [-0.2, -0.15) is 11.8 Å².